The van der Waals surface area contributed by atoms with Gasteiger partial charge in [0.15, 0.2) is 5.03 Å². The first kappa shape index (κ1) is 16.7. The first-order valence-corrected chi connectivity index (χ1v) is 9.15. The number of carbonyl (C=O) groups is 1. The molecular weight excluding hydrogens is 332 g/mol. The number of amides is 1. The van der Waals surface area contributed by atoms with Crippen LogP contribution in [0, 0.1) is 6.92 Å². The van der Waals surface area contributed by atoms with Crippen molar-refractivity contribution in [1.29, 1.82) is 0 Å². The summed E-state index contributed by atoms with van der Waals surface area (Å²) < 4.78 is 33.5. The molecule has 1 fully saturated rings. The van der Waals surface area contributed by atoms with Gasteiger partial charge in [0.05, 0.1) is 11.8 Å². The molecule has 3 rings (SSSR count). The van der Waals surface area contributed by atoms with Crippen LogP contribution in [0.5, 0.6) is 0 Å². The van der Waals surface area contributed by atoms with Gasteiger partial charge in [0, 0.05) is 39.4 Å². The Kier molecular flexibility index (Phi) is 4.46. The van der Waals surface area contributed by atoms with Gasteiger partial charge >= 0.3 is 0 Å². The largest absolute Gasteiger partial charge is 0.472 e. The first-order valence-electron chi connectivity index (χ1n) is 7.71. The summed E-state index contributed by atoms with van der Waals surface area (Å²) in [7, 11) is -1.89. The van der Waals surface area contributed by atoms with Crippen LogP contribution in [0.15, 0.2) is 34.2 Å². The average Bonchev–Trinajstić information content (AvgIpc) is 3.11. The topological polar surface area (TPSA) is 88.7 Å². The Morgan fingerprint density at radius 1 is 1.25 bits per heavy atom. The van der Waals surface area contributed by atoms with E-state index >= 15 is 0 Å². The number of aromatic nitrogens is 2. The number of furan rings is 1. The molecule has 1 saturated heterocycles. The van der Waals surface area contributed by atoms with Gasteiger partial charge in [-0.15, -0.1) is 0 Å². The van der Waals surface area contributed by atoms with E-state index in [1.54, 1.807) is 29.5 Å². The quantitative estimate of drug-likeness (QED) is 0.817. The maximum absolute atomic E-state index is 12.7. The second kappa shape index (κ2) is 6.40. The molecule has 0 radical (unpaired) electrons. The van der Waals surface area contributed by atoms with Crippen molar-refractivity contribution in [2.45, 2.75) is 18.4 Å². The molecule has 0 atom stereocenters. The average molecular weight is 352 g/mol. The predicted molar refractivity (Wildman–Crippen MR) is 85.9 cm³/mol. The Balaban J connectivity index is 1.74. The van der Waals surface area contributed by atoms with Gasteiger partial charge in [-0.05, 0) is 19.4 Å². The third-order valence-corrected chi connectivity index (χ3v) is 5.97. The fraction of sp³-hybridized carbons (Fsp3) is 0.467. The number of carbonyl (C=O) groups excluding carboxylic acids is 1. The molecule has 0 spiro atoms. The van der Waals surface area contributed by atoms with Crippen LogP contribution >= 0.6 is 0 Å². The summed E-state index contributed by atoms with van der Waals surface area (Å²) in [6.45, 7) is 3.23. The molecule has 1 aliphatic heterocycles. The molecule has 0 aliphatic carbocycles. The summed E-state index contributed by atoms with van der Waals surface area (Å²) >= 11 is 0. The summed E-state index contributed by atoms with van der Waals surface area (Å²) in [5, 5.41) is 0.0529. The Bertz CT molecular complexity index is 806. The van der Waals surface area contributed by atoms with Gasteiger partial charge < -0.3 is 13.9 Å². The van der Waals surface area contributed by atoms with E-state index in [0.29, 0.717) is 37.4 Å². The maximum Gasteiger partial charge on any atom is 0.262 e. The van der Waals surface area contributed by atoms with E-state index in [9.17, 15) is 13.2 Å². The van der Waals surface area contributed by atoms with Crippen molar-refractivity contribution in [3.63, 3.8) is 0 Å². The summed E-state index contributed by atoms with van der Waals surface area (Å²) in [6, 6.07) is 1.61. The van der Waals surface area contributed by atoms with Crippen LogP contribution in [0.2, 0.25) is 0 Å². The Morgan fingerprint density at radius 2 is 2.04 bits per heavy atom. The maximum atomic E-state index is 12.7. The first-order chi connectivity index (χ1) is 11.4. The van der Waals surface area contributed by atoms with Crippen LogP contribution in [-0.4, -0.2) is 59.3 Å². The summed E-state index contributed by atoms with van der Waals surface area (Å²) in [5.41, 5.74) is 0.478. The van der Waals surface area contributed by atoms with Crippen LogP contribution in [0.1, 0.15) is 22.6 Å². The van der Waals surface area contributed by atoms with E-state index in [0.717, 1.165) is 0 Å². The highest BCUT2D eigenvalue weighted by atomic mass is 32.2. The lowest BCUT2D eigenvalue weighted by Gasteiger charge is -2.20. The highest BCUT2D eigenvalue weighted by molar-refractivity contribution is 7.89. The molecule has 3 heterocycles. The van der Waals surface area contributed by atoms with Gasteiger partial charge in [0.2, 0.25) is 0 Å². The number of rotatable bonds is 3. The third-order valence-electron chi connectivity index (χ3n) is 4.20. The molecule has 9 heteroatoms. The van der Waals surface area contributed by atoms with Gasteiger partial charge in [-0.2, -0.15) is 4.31 Å². The van der Waals surface area contributed by atoms with E-state index in [2.05, 4.69) is 4.98 Å². The summed E-state index contributed by atoms with van der Waals surface area (Å²) in [6.07, 6.45) is 4.95. The van der Waals surface area contributed by atoms with E-state index in [1.165, 1.54) is 23.0 Å². The van der Waals surface area contributed by atoms with Crippen LogP contribution in [0.3, 0.4) is 0 Å². The van der Waals surface area contributed by atoms with Gasteiger partial charge in [-0.3, -0.25) is 4.79 Å². The predicted octanol–water partition coefficient (Wildman–Crippen LogP) is 0.858. The molecule has 0 N–H and O–H groups in total. The van der Waals surface area contributed by atoms with Crippen molar-refractivity contribution in [1.82, 2.24) is 18.8 Å². The van der Waals surface area contributed by atoms with Crippen molar-refractivity contribution >= 4 is 15.9 Å². The second-order valence-electron chi connectivity index (χ2n) is 5.80. The standard InChI is InChI=1S/C15H20N4O4S/c1-12-16-14(10-17(12)2)24(21,22)19-6-3-5-18(7-8-19)15(20)13-4-9-23-11-13/h4,9-11H,3,5-8H2,1-2H3. The van der Waals surface area contributed by atoms with Crippen LogP contribution in [0.25, 0.3) is 0 Å². The zero-order chi connectivity index (χ0) is 17.3. The molecule has 130 valence electrons. The number of hydrogen-bond donors (Lipinski definition) is 0. The third kappa shape index (κ3) is 3.09. The lowest BCUT2D eigenvalue weighted by atomic mass is 10.3. The molecule has 0 bridgehead atoms. The smallest absolute Gasteiger partial charge is 0.262 e. The van der Waals surface area contributed by atoms with Gasteiger partial charge in [-0.25, -0.2) is 13.4 Å². The van der Waals surface area contributed by atoms with Crippen LogP contribution in [-0.2, 0) is 17.1 Å². The molecule has 0 saturated carbocycles. The minimum Gasteiger partial charge on any atom is -0.472 e. The number of hydrogen-bond acceptors (Lipinski definition) is 5. The molecule has 2 aromatic rings. The zero-order valence-electron chi connectivity index (χ0n) is 13.7. The van der Waals surface area contributed by atoms with E-state index in [-0.39, 0.29) is 17.5 Å². The van der Waals surface area contributed by atoms with E-state index in [4.69, 9.17) is 4.42 Å². The fourth-order valence-corrected chi connectivity index (χ4v) is 4.18. The normalized spacial score (nSPS) is 17.0. The number of aryl methyl sites for hydroxylation is 2. The fourth-order valence-electron chi connectivity index (χ4n) is 2.69. The molecule has 2 aromatic heterocycles. The van der Waals surface area contributed by atoms with Crippen molar-refractivity contribution in [3.05, 3.63) is 36.2 Å². The SMILES string of the molecule is Cc1nc(S(=O)(=O)N2CCCN(C(=O)c3ccoc3)CC2)cn1C. The highest BCUT2D eigenvalue weighted by Gasteiger charge is 2.30. The van der Waals surface area contributed by atoms with Gasteiger partial charge in [0.1, 0.15) is 12.1 Å². The van der Waals surface area contributed by atoms with Gasteiger partial charge in [-0.1, -0.05) is 0 Å². The Hall–Kier alpha value is -2.13. The minimum absolute atomic E-state index is 0.0529. The number of imidazole rings is 1. The second-order valence-corrected chi connectivity index (χ2v) is 7.68. The highest BCUT2D eigenvalue weighted by Crippen LogP contribution is 2.18. The Labute approximate surface area is 140 Å². The molecule has 1 aliphatic rings. The molecule has 8 nitrogen and oxygen atoms in total. The Morgan fingerprint density at radius 3 is 2.67 bits per heavy atom. The lowest BCUT2D eigenvalue weighted by Crippen LogP contribution is -2.37. The van der Waals surface area contributed by atoms with Crippen LogP contribution < -0.4 is 0 Å². The molecule has 0 aromatic carbocycles. The van der Waals surface area contributed by atoms with Crippen molar-refractivity contribution in [2.24, 2.45) is 7.05 Å². The van der Waals surface area contributed by atoms with Gasteiger partial charge in [0.25, 0.3) is 15.9 Å². The minimum atomic E-state index is -3.65. The zero-order valence-corrected chi connectivity index (χ0v) is 14.5. The number of nitrogens with zero attached hydrogens (tertiary/aromatic N) is 4. The van der Waals surface area contributed by atoms with Crippen LogP contribution in [0.4, 0.5) is 0 Å². The molecular formula is C15H20N4O4S. The van der Waals surface area contributed by atoms with E-state index in [1.807, 2.05) is 0 Å². The van der Waals surface area contributed by atoms with Crippen molar-refractivity contribution < 1.29 is 17.6 Å². The van der Waals surface area contributed by atoms with Crippen molar-refractivity contribution in [3.8, 4) is 0 Å². The molecule has 1 amide bonds. The lowest BCUT2D eigenvalue weighted by molar-refractivity contribution is 0.0763. The molecule has 24 heavy (non-hydrogen) atoms. The summed E-state index contributed by atoms with van der Waals surface area (Å²) in [4.78, 5) is 18.1. The summed E-state index contributed by atoms with van der Waals surface area (Å²) in [5.74, 6) is 0.497. The van der Waals surface area contributed by atoms with Crippen molar-refractivity contribution in [2.75, 3.05) is 26.2 Å². The number of sulfonamides is 1. The monoisotopic (exact) mass is 352 g/mol. The molecule has 0 unspecified atom stereocenters. The van der Waals surface area contributed by atoms with E-state index < -0.39 is 10.0 Å².